The normalized spacial score (nSPS) is 8.20. The third-order valence-corrected chi connectivity index (χ3v) is 0.901. The summed E-state index contributed by atoms with van der Waals surface area (Å²) in [6.45, 7) is 9.83. The highest BCUT2D eigenvalue weighted by Crippen LogP contribution is 1.86. The molecule has 0 bridgehead atoms. The highest BCUT2D eigenvalue weighted by atomic mass is 16.5. The minimum Gasteiger partial charge on any atom is -0.396 e. The second-order valence-corrected chi connectivity index (χ2v) is 1.63. The van der Waals surface area contributed by atoms with Crippen molar-refractivity contribution in [3.8, 4) is 0 Å². The fraction of sp³-hybridized carbons (Fsp3) is 0.750. The minimum absolute atomic E-state index is 0.285. The maximum absolute atomic E-state index is 8.31. The molecular weight excluding hydrogens is 128 g/mol. The van der Waals surface area contributed by atoms with Gasteiger partial charge in [-0.2, -0.15) is 0 Å². The molecule has 0 fully saturated rings. The Hall–Kier alpha value is -0.340. The van der Waals surface area contributed by atoms with Crippen molar-refractivity contribution in [1.29, 1.82) is 0 Å². The maximum Gasteiger partial charge on any atom is 0.0466 e. The molecule has 0 saturated carbocycles. The van der Waals surface area contributed by atoms with Crippen LogP contribution in [0, 0.1) is 0 Å². The van der Waals surface area contributed by atoms with Gasteiger partial charge in [-0.05, 0) is 19.8 Å². The second-order valence-electron chi connectivity index (χ2n) is 1.63. The zero-order valence-electron chi connectivity index (χ0n) is 6.81. The quantitative estimate of drug-likeness (QED) is 0.471. The van der Waals surface area contributed by atoms with E-state index in [1.807, 2.05) is 6.92 Å². The van der Waals surface area contributed by atoms with Crippen LogP contribution in [0.15, 0.2) is 13.2 Å². The van der Waals surface area contributed by atoms with Crippen molar-refractivity contribution in [1.82, 2.24) is 0 Å². The minimum atomic E-state index is 0.285. The Morgan fingerprint density at radius 3 is 2.30 bits per heavy atom. The summed E-state index contributed by atoms with van der Waals surface area (Å²) in [4.78, 5) is 0. The summed E-state index contributed by atoms with van der Waals surface area (Å²) < 4.78 is 5.02. The van der Waals surface area contributed by atoms with Crippen LogP contribution < -0.4 is 0 Å². The summed E-state index contributed by atoms with van der Waals surface area (Å²) in [6, 6.07) is 0. The van der Waals surface area contributed by atoms with Crippen molar-refractivity contribution in [2.24, 2.45) is 0 Å². The van der Waals surface area contributed by atoms with Crippen LogP contribution in [0.4, 0.5) is 0 Å². The van der Waals surface area contributed by atoms with Crippen LogP contribution in [0.1, 0.15) is 19.8 Å². The van der Waals surface area contributed by atoms with E-state index in [1.165, 1.54) is 0 Å². The molecule has 0 unspecified atom stereocenters. The van der Waals surface area contributed by atoms with Crippen LogP contribution in [0.25, 0.3) is 0 Å². The van der Waals surface area contributed by atoms with E-state index >= 15 is 0 Å². The number of rotatable bonds is 5. The molecule has 2 heteroatoms. The molecule has 0 radical (unpaired) electrons. The first kappa shape index (κ1) is 12.3. The highest BCUT2D eigenvalue weighted by molar-refractivity contribution is 4.33. The molecule has 0 amide bonds. The van der Waals surface area contributed by atoms with E-state index in [-0.39, 0.29) is 6.61 Å². The Kier molecular flexibility index (Phi) is 19.6. The first-order valence-corrected chi connectivity index (χ1v) is 3.60. The topological polar surface area (TPSA) is 29.5 Å². The van der Waals surface area contributed by atoms with Gasteiger partial charge in [0.05, 0.1) is 0 Å². The molecule has 0 aromatic heterocycles. The summed E-state index contributed by atoms with van der Waals surface area (Å²) in [6.07, 6.45) is 1.84. The summed E-state index contributed by atoms with van der Waals surface area (Å²) in [7, 11) is 0. The fourth-order valence-electron chi connectivity index (χ4n) is 0.460. The second kappa shape index (κ2) is 15.9. The molecule has 10 heavy (non-hydrogen) atoms. The number of aliphatic hydroxyl groups excluding tert-OH is 1. The van der Waals surface area contributed by atoms with E-state index in [4.69, 9.17) is 9.84 Å². The van der Waals surface area contributed by atoms with Crippen LogP contribution in [0.5, 0.6) is 0 Å². The molecule has 2 nitrogen and oxygen atoms in total. The van der Waals surface area contributed by atoms with Gasteiger partial charge in [0.1, 0.15) is 0 Å². The molecule has 62 valence electrons. The van der Waals surface area contributed by atoms with Gasteiger partial charge in [0.25, 0.3) is 0 Å². The zero-order chi connectivity index (χ0) is 8.24. The molecule has 0 aliphatic rings. The number of hydrogen-bond donors (Lipinski definition) is 1. The van der Waals surface area contributed by atoms with Gasteiger partial charge >= 0.3 is 0 Å². The fourth-order valence-corrected chi connectivity index (χ4v) is 0.460. The third kappa shape index (κ3) is 15.6. The lowest BCUT2D eigenvalue weighted by atomic mass is 10.3. The Morgan fingerprint density at radius 2 is 1.90 bits per heavy atom. The lowest BCUT2D eigenvalue weighted by molar-refractivity contribution is 0.137. The number of ether oxygens (including phenoxy) is 1. The number of hydrogen-bond acceptors (Lipinski definition) is 2. The molecule has 0 spiro atoms. The lowest BCUT2D eigenvalue weighted by Gasteiger charge is -1.96. The van der Waals surface area contributed by atoms with E-state index in [0.29, 0.717) is 0 Å². The van der Waals surface area contributed by atoms with Gasteiger partial charge in [-0.15, -0.1) is 13.2 Å². The zero-order valence-corrected chi connectivity index (χ0v) is 6.81. The van der Waals surface area contributed by atoms with Crippen molar-refractivity contribution >= 4 is 0 Å². The lowest BCUT2D eigenvalue weighted by Crippen LogP contribution is -1.94. The van der Waals surface area contributed by atoms with E-state index in [0.717, 1.165) is 26.1 Å². The number of unbranched alkanes of at least 4 members (excludes halogenated alkanes) is 1. The molecule has 1 N–H and O–H groups in total. The Morgan fingerprint density at radius 1 is 1.30 bits per heavy atom. The largest absolute Gasteiger partial charge is 0.396 e. The predicted molar refractivity (Wildman–Crippen MR) is 44.1 cm³/mol. The van der Waals surface area contributed by atoms with Gasteiger partial charge in [0.2, 0.25) is 0 Å². The molecule has 0 aromatic carbocycles. The summed E-state index contributed by atoms with van der Waals surface area (Å²) in [5.74, 6) is 0. The highest BCUT2D eigenvalue weighted by Gasteiger charge is 1.83. The maximum atomic E-state index is 8.31. The van der Waals surface area contributed by atoms with Gasteiger partial charge in [-0.25, -0.2) is 0 Å². The average molecular weight is 146 g/mol. The van der Waals surface area contributed by atoms with Gasteiger partial charge in [0, 0.05) is 19.8 Å². The third-order valence-electron chi connectivity index (χ3n) is 0.901. The Bertz CT molecular complexity index is 40.5. The van der Waals surface area contributed by atoms with Crippen LogP contribution >= 0.6 is 0 Å². The van der Waals surface area contributed by atoms with Crippen molar-refractivity contribution < 1.29 is 9.84 Å². The van der Waals surface area contributed by atoms with Crippen molar-refractivity contribution in [3.63, 3.8) is 0 Å². The molecular formula is C8H18O2. The summed E-state index contributed by atoms with van der Waals surface area (Å²) >= 11 is 0. The molecule has 0 saturated heterocycles. The van der Waals surface area contributed by atoms with Gasteiger partial charge in [-0.1, -0.05) is 0 Å². The van der Waals surface area contributed by atoms with E-state index in [2.05, 4.69) is 13.2 Å². The van der Waals surface area contributed by atoms with E-state index < -0.39 is 0 Å². The van der Waals surface area contributed by atoms with Gasteiger partial charge < -0.3 is 9.84 Å². The first-order chi connectivity index (χ1) is 4.91. The summed E-state index contributed by atoms with van der Waals surface area (Å²) in [5, 5.41) is 8.31. The monoisotopic (exact) mass is 146 g/mol. The van der Waals surface area contributed by atoms with Crippen LogP contribution in [-0.4, -0.2) is 24.9 Å². The van der Waals surface area contributed by atoms with Crippen molar-refractivity contribution in [2.75, 3.05) is 19.8 Å². The molecule has 0 aromatic rings. The van der Waals surface area contributed by atoms with E-state index in [9.17, 15) is 0 Å². The first-order valence-electron chi connectivity index (χ1n) is 3.60. The SMILES string of the molecule is C=C.CCOCCCCO. The number of aliphatic hydroxyl groups is 1. The predicted octanol–water partition coefficient (Wildman–Crippen LogP) is 1.60. The van der Waals surface area contributed by atoms with Gasteiger partial charge in [-0.3, -0.25) is 0 Å². The van der Waals surface area contributed by atoms with Crippen molar-refractivity contribution in [3.05, 3.63) is 13.2 Å². The standard InChI is InChI=1S/C6H14O2.C2H4/c1-2-8-6-4-3-5-7;1-2/h7H,2-6H2,1H3;1-2H2. The molecule has 0 aliphatic heterocycles. The molecule has 0 rings (SSSR count). The van der Waals surface area contributed by atoms with Crippen LogP contribution in [-0.2, 0) is 4.74 Å². The molecule has 0 heterocycles. The van der Waals surface area contributed by atoms with Gasteiger partial charge in [0.15, 0.2) is 0 Å². The van der Waals surface area contributed by atoms with Crippen molar-refractivity contribution in [2.45, 2.75) is 19.8 Å². The Labute approximate surface area is 63.5 Å². The van der Waals surface area contributed by atoms with Crippen LogP contribution in [0.2, 0.25) is 0 Å². The molecule has 0 aliphatic carbocycles. The summed E-state index contributed by atoms with van der Waals surface area (Å²) in [5.41, 5.74) is 0. The Balaban J connectivity index is 0. The van der Waals surface area contributed by atoms with Crippen LogP contribution in [0.3, 0.4) is 0 Å². The van der Waals surface area contributed by atoms with E-state index in [1.54, 1.807) is 0 Å². The average Bonchev–Trinajstić information content (AvgIpc) is 2.02. The molecule has 0 atom stereocenters. The smallest absolute Gasteiger partial charge is 0.0466 e.